The summed E-state index contributed by atoms with van der Waals surface area (Å²) in [6.07, 6.45) is 8.60. The number of H-pyrrole nitrogens is 1. The van der Waals surface area contributed by atoms with Crippen molar-refractivity contribution in [1.82, 2.24) is 5.16 Å². The monoisotopic (exact) mass is 262 g/mol. The third-order valence-corrected chi connectivity index (χ3v) is 5.76. The molecule has 3 N–H and O–H groups in total. The zero-order valence-electron chi connectivity index (χ0n) is 11.3. The lowest BCUT2D eigenvalue weighted by Gasteiger charge is -2.56. The van der Waals surface area contributed by atoms with Gasteiger partial charge in [-0.25, -0.2) is 9.95 Å². The molecule has 1 heterocycles. The quantitative estimate of drug-likeness (QED) is 0.874. The van der Waals surface area contributed by atoms with Gasteiger partial charge in [-0.2, -0.15) is 0 Å². The maximum absolute atomic E-state index is 11.9. The van der Waals surface area contributed by atoms with Gasteiger partial charge >= 0.3 is 5.63 Å². The van der Waals surface area contributed by atoms with Gasteiger partial charge in [-0.15, -0.1) is 0 Å². The molecule has 0 aliphatic heterocycles. The van der Waals surface area contributed by atoms with Crippen molar-refractivity contribution in [2.75, 3.05) is 6.54 Å². The zero-order valence-corrected chi connectivity index (χ0v) is 11.3. The van der Waals surface area contributed by atoms with E-state index in [1.54, 1.807) is 0 Å². The minimum atomic E-state index is -0.198. The van der Waals surface area contributed by atoms with E-state index in [1.165, 1.54) is 38.5 Å². The number of aromatic nitrogens is 1. The Kier molecular flexibility index (Phi) is 2.47. The van der Waals surface area contributed by atoms with E-state index >= 15 is 0 Å². The number of nitrogens with one attached hydrogen (secondary N) is 1. The molecule has 4 fully saturated rings. The molecule has 4 aliphatic carbocycles. The van der Waals surface area contributed by atoms with Gasteiger partial charge in [0.2, 0.25) is 0 Å². The fraction of sp³-hybridized carbons (Fsp3) is 0.800. The van der Waals surface area contributed by atoms with Crippen LogP contribution in [0.25, 0.3) is 0 Å². The summed E-state index contributed by atoms with van der Waals surface area (Å²) < 4.78 is 5.10. The molecule has 5 rings (SSSR count). The maximum atomic E-state index is 11.9. The van der Waals surface area contributed by atoms with Crippen molar-refractivity contribution < 1.29 is 4.52 Å². The zero-order chi connectivity index (χ0) is 13.0. The Hall–Kier alpha value is -1.03. The topological polar surface area (TPSA) is 72.0 Å². The summed E-state index contributed by atoms with van der Waals surface area (Å²) in [6, 6.07) is 0. The van der Waals surface area contributed by atoms with E-state index in [0.29, 0.717) is 13.0 Å². The predicted octanol–water partition coefficient (Wildman–Crippen LogP) is 1.94. The Morgan fingerprint density at radius 1 is 1.16 bits per heavy atom. The molecule has 0 radical (unpaired) electrons. The van der Waals surface area contributed by atoms with Gasteiger partial charge in [0.05, 0.1) is 11.3 Å². The third kappa shape index (κ3) is 1.65. The van der Waals surface area contributed by atoms with Crippen LogP contribution in [0.5, 0.6) is 0 Å². The SMILES string of the molecule is NCCc1c(C23CC4CC(CC(C4)C2)C3)[nH]oc1=O. The van der Waals surface area contributed by atoms with E-state index in [2.05, 4.69) is 5.16 Å². The van der Waals surface area contributed by atoms with Crippen LogP contribution < -0.4 is 11.4 Å². The molecule has 19 heavy (non-hydrogen) atoms. The van der Waals surface area contributed by atoms with Gasteiger partial charge in [0.1, 0.15) is 0 Å². The lowest BCUT2D eigenvalue weighted by atomic mass is 9.48. The Morgan fingerprint density at radius 3 is 2.26 bits per heavy atom. The van der Waals surface area contributed by atoms with Crippen LogP contribution in [0.3, 0.4) is 0 Å². The first kappa shape index (κ1) is 11.8. The minimum Gasteiger partial charge on any atom is -0.339 e. The molecule has 0 saturated heterocycles. The number of hydrogen-bond acceptors (Lipinski definition) is 3. The smallest absolute Gasteiger partial charge is 0.339 e. The highest BCUT2D eigenvalue weighted by atomic mass is 16.5. The van der Waals surface area contributed by atoms with E-state index in [9.17, 15) is 4.79 Å². The normalized spacial score (nSPS) is 39.9. The molecule has 0 atom stereocenters. The lowest BCUT2D eigenvalue weighted by Crippen LogP contribution is -2.49. The highest BCUT2D eigenvalue weighted by Crippen LogP contribution is 2.60. The second-order valence-electron chi connectivity index (χ2n) is 7.08. The first-order valence-electron chi connectivity index (χ1n) is 7.61. The number of nitrogens with two attached hydrogens (primary N) is 1. The van der Waals surface area contributed by atoms with Crippen molar-refractivity contribution in [2.45, 2.75) is 50.4 Å². The molecule has 0 spiro atoms. The van der Waals surface area contributed by atoms with Gasteiger partial charge in [-0.05, 0) is 69.2 Å². The summed E-state index contributed by atoms with van der Waals surface area (Å²) in [6.45, 7) is 0.516. The van der Waals surface area contributed by atoms with E-state index in [-0.39, 0.29) is 11.0 Å². The number of aromatic amines is 1. The van der Waals surface area contributed by atoms with Crippen LogP contribution in [-0.2, 0) is 11.8 Å². The Bertz CT molecular complexity index is 507. The summed E-state index contributed by atoms with van der Waals surface area (Å²) in [5.41, 5.74) is 7.58. The lowest BCUT2D eigenvalue weighted by molar-refractivity contribution is -0.00881. The van der Waals surface area contributed by atoms with Gasteiger partial charge < -0.3 is 10.3 Å². The van der Waals surface area contributed by atoms with Crippen LogP contribution in [0.15, 0.2) is 9.32 Å². The second-order valence-corrected chi connectivity index (χ2v) is 7.08. The van der Waals surface area contributed by atoms with Crippen LogP contribution in [0, 0.1) is 17.8 Å². The maximum Gasteiger partial charge on any atom is 0.360 e. The van der Waals surface area contributed by atoms with Gasteiger partial charge in [0, 0.05) is 5.41 Å². The van der Waals surface area contributed by atoms with E-state index in [4.69, 9.17) is 10.3 Å². The van der Waals surface area contributed by atoms with Gasteiger partial charge in [0.15, 0.2) is 0 Å². The number of rotatable bonds is 3. The van der Waals surface area contributed by atoms with Gasteiger partial charge in [-0.1, -0.05) is 0 Å². The largest absolute Gasteiger partial charge is 0.360 e. The van der Waals surface area contributed by atoms with Crippen LogP contribution in [0.2, 0.25) is 0 Å². The summed E-state index contributed by atoms with van der Waals surface area (Å²) >= 11 is 0. The molecular formula is C15H22N2O2. The first-order chi connectivity index (χ1) is 9.20. The molecule has 1 aromatic rings. The Morgan fingerprint density at radius 2 is 1.74 bits per heavy atom. The summed E-state index contributed by atoms with van der Waals surface area (Å²) in [4.78, 5) is 11.9. The van der Waals surface area contributed by atoms with Crippen molar-refractivity contribution in [3.63, 3.8) is 0 Å². The average molecular weight is 262 g/mol. The molecule has 4 bridgehead atoms. The number of hydrogen-bond donors (Lipinski definition) is 2. The molecule has 4 aliphatic rings. The highest BCUT2D eigenvalue weighted by Gasteiger charge is 2.53. The summed E-state index contributed by atoms with van der Waals surface area (Å²) in [7, 11) is 0. The van der Waals surface area contributed by atoms with E-state index in [1.807, 2.05) is 0 Å². The standard InChI is InChI=1S/C15H22N2O2/c16-2-1-12-13(17-19-14(12)18)15-6-9-3-10(7-15)5-11(4-9)8-15/h9-11,17H,1-8,16H2. The molecule has 4 heteroatoms. The molecule has 0 aromatic carbocycles. The third-order valence-electron chi connectivity index (χ3n) is 5.76. The molecule has 0 amide bonds. The fourth-order valence-corrected chi connectivity index (χ4v) is 5.54. The minimum absolute atomic E-state index is 0.198. The Labute approximate surface area is 112 Å². The van der Waals surface area contributed by atoms with Crippen molar-refractivity contribution in [2.24, 2.45) is 23.5 Å². The van der Waals surface area contributed by atoms with Crippen LogP contribution in [0.1, 0.15) is 49.8 Å². The molecule has 1 aromatic heterocycles. The van der Waals surface area contributed by atoms with Crippen molar-refractivity contribution >= 4 is 0 Å². The second kappa shape index (κ2) is 3.98. The summed E-state index contributed by atoms with van der Waals surface area (Å²) in [5, 5.41) is 2.97. The summed E-state index contributed by atoms with van der Waals surface area (Å²) in [5.74, 6) is 2.61. The molecule has 4 nitrogen and oxygen atoms in total. The molecule has 0 unspecified atom stereocenters. The van der Waals surface area contributed by atoms with Gasteiger partial charge in [-0.3, -0.25) is 0 Å². The van der Waals surface area contributed by atoms with Crippen molar-refractivity contribution in [3.05, 3.63) is 21.7 Å². The molecule has 4 saturated carbocycles. The van der Waals surface area contributed by atoms with Crippen LogP contribution in [0.4, 0.5) is 0 Å². The van der Waals surface area contributed by atoms with E-state index < -0.39 is 0 Å². The predicted molar refractivity (Wildman–Crippen MR) is 71.9 cm³/mol. The van der Waals surface area contributed by atoms with Crippen molar-refractivity contribution in [3.8, 4) is 0 Å². The Balaban J connectivity index is 1.77. The molecular weight excluding hydrogens is 240 g/mol. The first-order valence-corrected chi connectivity index (χ1v) is 7.61. The van der Waals surface area contributed by atoms with Crippen LogP contribution in [-0.4, -0.2) is 11.7 Å². The van der Waals surface area contributed by atoms with Crippen molar-refractivity contribution in [1.29, 1.82) is 0 Å². The highest BCUT2D eigenvalue weighted by molar-refractivity contribution is 5.29. The van der Waals surface area contributed by atoms with Gasteiger partial charge in [0.25, 0.3) is 0 Å². The molecule has 104 valence electrons. The average Bonchev–Trinajstić information content (AvgIpc) is 2.70. The van der Waals surface area contributed by atoms with E-state index in [0.717, 1.165) is 29.0 Å². The van der Waals surface area contributed by atoms with Crippen LogP contribution >= 0.6 is 0 Å². The fourth-order valence-electron chi connectivity index (χ4n) is 5.54.